The van der Waals surface area contributed by atoms with Crippen molar-refractivity contribution in [1.29, 1.82) is 0 Å². The Morgan fingerprint density at radius 3 is 2.68 bits per heavy atom. The smallest absolute Gasteiger partial charge is 0.247 e. The van der Waals surface area contributed by atoms with Crippen LogP contribution in [0.25, 0.3) is 10.2 Å². The molecule has 0 spiro atoms. The van der Waals surface area contributed by atoms with Gasteiger partial charge in [0.2, 0.25) is 5.91 Å². The molecule has 0 saturated carbocycles. The van der Waals surface area contributed by atoms with E-state index < -0.39 is 9.84 Å². The van der Waals surface area contributed by atoms with Gasteiger partial charge in [0.25, 0.3) is 0 Å². The second kappa shape index (κ2) is 6.40. The number of halogens is 1. The van der Waals surface area contributed by atoms with E-state index in [4.69, 9.17) is 11.6 Å². The maximum Gasteiger partial charge on any atom is 0.247 e. The van der Waals surface area contributed by atoms with Crippen molar-refractivity contribution in [2.75, 3.05) is 11.6 Å². The quantitative estimate of drug-likeness (QED) is 0.729. The normalized spacial score (nSPS) is 11.8. The Morgan fingerprint density at radius 2 is 2.08 bits per heavy atom. The minimum atomic E-state index is -3.29. The number of hydrogen-bond acceptors (Lipinski definition) is 6. The molecule has 0 fully saturated rings. The molecule has 0 radical (unpaired) electrons. The first-order valence-corrected chi connectivity index (χ1v) is 10.3. The predicted molar refractivity (Wildman–Crippen MR) is 98.1 cm³/mol. The van der Waals surface area contributed by atoms with Gasteiger partial charge in [0.1, 0.15) is 6.54 Å². The van der Waals surface area contributed by atoms with Crippen molar-refractivity contribution < 1.29 is 13.2 Å². The molecule has 1 aromatic carbocycles. The van der Waals surface area contributed by atoms with Crippen LogP contribution in [0.4, 0.5) is 5.13 Å². The van der Waals surface area contributed by atoms with Crippen LogP contribution in [0.1, 0.15) is 11.4 Å². The SMILES string of the molecule is Cc1nn(CC(=O)Nc2nc3ccc(S(C)(=O)=O)cc3s2)c(C)c1Cl. The van der Waals surface area contributed by atoms with Crippen molar-refractivity contribution in [3.8, 4) is 0 Å². The van der Waals surface area contributed by atoms with Crippen molar-refractivity contribution in [2.45, 2.75) is 25.3 Å². The van der Waals surface area contributed by atoms with Crippen LogP contribution in [-0.4, -0.2) is 35.3 Å². The van der Waals surface area contributed by atoms with Gasteiger partial charge in [-0.3, -0.25) is 9.48 Å². The number of nitrogens with zero attached hydrogens (tertiary/aromatic N) is 3. The lowest BCUT2D eigenvalue weighted by atomic mass is 10.3. The van der Waals surface area contributed by atoms with E-state index in [1.54, 1.807) is 26.0 Å². The van der Waals surface area contributed by atoms with E-state index in [2.05, 4.69) is 15.4 Å². The van der Waals surface area contributed by atoms with Gasteiger partial charge in [-0.15, -0.1) is 0 Å². The van der Waals surface area contributed by atoms with Crippen molar-refractivity contribution in [1.82, 2.24) is 14.8 Å². The highest BCUT2D eigenvalue weighted by Crippen LogP contribution is 2.28. The highest BCUT2D eigenvalue weighted by atomic mass is 35.5. The molecule has 3 aromatic rings. The second-order valence-electron chi connectivity index (χ2n) is 5.61. The number of anilines is 1. The molecule has 0 saturated heterocycles. The summed E-state index contributed by atoms with van der Waals surface area (Å²) in [5.41, 5.74) is 2.01. The predicted octanol–water partition coefficient (Wildman–Crippen LogP) is 2.81. The maximum atomic E-state index is 12.2. The molecular formula is C15H15ClN4O3S2. The first-order chi connectivity index (χ1) is 11.6. The molecule has 0 unspecified atom stereocenters. The number of thiazole rings is 1. The molecule has 2 heterocycles. The van der Waals surface area contributed by atoms with E-state index >= 15 is 0 Å². The van der Waals surface area contributed by atoms with Crippen LogP contribution in [0, 0.1) is 13.8 Å². The van der Waals surface area contributed by atoms with Crippen molar-refractivity contribution in [2.24, 2.45) is 0 Å². The first-order valence-electron chi connectivity index (χ1n) is 7.25. The monoisotopic (exact) mass is 398 g/mol. The van der Waals surface area contributed by atoms with Gasteiger partial charge in [-0.2, -0.15) is 5.10 Å². The summed E-state index contributed by atoms with van der Waals surface area (Å²) < 4.78 is 25.5. The van der Waals surface area contributed by atoms with E-state index in [0.717, 1.165) is 11.9 Å². The van der Waals surface area contributed by atoms with E-state index in [1.165, 1.54) is 22.1 Å². The van der Waals surface area contributed by atoms with Crippen LogP contribution in [0.15, 0.2) is 23.1 Å². The van der Waals surface area contributed by atoms with E-state index in [0.29, 0.717) is 26.1 Å². The zero-order valence-corrected chi connectivity index (χ0v) is 16.1. The third-order valence-corrected chi connectivity index (χ3v) is 6.21. The van der Waals surface area contributed by atoms with Crippen molar-refractivity contribution in [3.05, 3.63) is 34.6 Å². The molecule has 3 rings (SSSR count). The molecule has 132 valence electrons. The lowest BCUT2D eigenvalue weighted by Crippen LogP contribution is -2.20. The van der Waals surface area contributed by atoms with Gasteiger partial charge in [-0.05, 0) is 32.0 Å². The van der Waals surface area contributed by atoms with E-state index in [1.807, 2.05) is 0 Å². The standard InChI is InChI=1S/C15H15ClN4O3S2/c1-8-14(16)9(2)20(19-8)7-13(21)18-15-17-11-5-4-10(25(3,22)23)6-12(11)24-15/h4-6H,7H2,1-3H3,(H,17,18,21). The summed E-state index contributed by atoms with van der Waals surface area (Å²) in [6.45, 7) is 3.58. The van der Waals surface area contributed by atoms with Gasteiger partial charge >= 0.3 is 0 Å². The van der Waals surface area contributed by atoms with E-state index in [9.17, 15) is 13.2 Å². The van der Waals surface area contributed by atoms with Crippen LogP contribution >= 0.6 is 22.9 Å². The molecule has 0 aliphatic heterocycles. The van der Waals surface area contributed by atoms with Gasteiger partial charge < -0.3 is 5.32 Å². The van der Waals surface area contributed by atoms with Gasteiger partial charge in [0.15, 0.2) is 15.0 Å². The van der Waals surface area contributed by atoms with Crippen LogP contribution in [0.2, 0.25) is 5.02 Å². The van der Waals surface area contributed by atoms with E-state index in [-0.39, 0.29) is 17.3 Å². The number of rotatable bonds is 4. The highest BCUT2D eigenvalue weighted by Gasteiger charge is 2.15. The Kier molecular flexibility index (Phi) is 4.56. The lowest BCUT2D eigenvalue weighted by molar-refractivity contribution is -0.116. The Bertz CT molecular complexity index is 1090. The summed E-state index contributed by atoms with van der Waals surface area (Å²) in [6.07, 6.45) is 1.15. The number of amides is 1. The second-order valence-corrected chi connectivity index (χ2v) is 9.04. The summed E-state index contributed by atoms with van der Waals surface area (Å²) in [6, 6.07) is 4.68. The number of carbonyl (C=O) groups is 1. The number of carbonyl (C=O) groups excluding carboxylic acids is 1. The average molecular weight is 399 g/mol. The Morgan fingerprint density at radius 1 is 1.36 bits per heavy atom. The first kappa shape index (κ1) is 17.8. The number of benzene rings is 1. The largest absolute Gasteiger partial charge is 0.300 e. The zero-order chi connectivity index (χ0) is 18.4. The molecule has 0 atom stereocenters. The molecule has 1 amide bonds. The zero-order valence-electron chi connectivity index (χ0n) is 13.7. The minimum Gasteiger partial charge on any atom is -0.300 e. The number of aryl methyl sites for hydroxylation is 1. The number of nitrogens with one attached hydrogen (secondary N) is 1. The fourth-order valence-corrected chi connectivity index (χ4v) is 4.09. The molecular weight excluding hydrogens is 384 g/mol. The summed E-state index contributed by atoms with van der Waals surface area (Å²) in [7, 11) is -3.29. The van der Waals surface area contributed by atoms with Gasteiger partial charge in [0, 0.05) is 6.26 Å². The fraction of sp³-hybridized carbons (Fsp3) is 0.267. The fourth-order valence-electron chi connectivity index (χ4n) is 2.31. The van der Waals surface area contributed by atoms with Gasteiger partial charge in [0.05, 0.1) is 31.5 Å². The number of fused-ring (bicyclic) bond motifs is 1. The Balaban J connectivity index is 1.80. The van der Waals surface area contributed by atoms with Gasteiger partial charge in [-0.1, -0.05) is 22.9 Å². The average Bonchev–Trinajstić information content (AvgIpc) is 3.01. The Hall–Kier alpha value is -1.97. The number of sulfone groups is 1. The van der Waals surface area contributed by atoms with Gasteiger partial charge in [-0.25, -0.2) is 13.4 Å². The molecule has 0 aliphatic rings. The summed E-state index contributed by atoms with van der Waals surface area (Å²) in [4.78, 5) is 16.7. The number of aromatic nitrogens is 3. The minimum absolute atomic E-state index is 0.0178. The topological polar surface area (TPSA) is 93.9 Å². The number of hydrogen-bond donors (Lipinski definition) is 1. The maximum absolute atomic E-state index is 12.2. The van der Waals surface area contributed by atoms with Crippen molar-refractivity contribution >= 4 is 54.0 Å². The molecule has 7 nitrogen and oxygen atoms in total. The van der Waals surface area contributed by atoms with Crippen molar-refractivity contribution in [3.63, 3.8) is 0 Å². The molecule has 1 N–H and O–H groups in total. The molecule has 10 heteroatoms. The summed E-state index contributed by atoms with van der Waals surface area (Å²) in [5, 5.41) is 7.87. The van der Waals surface area contributed by atoms with Crippen LogP contribution in [-0.2, 0) is 21.2 Å². The van der Waals surface area contributed by atoms with Crippen LogP contribution in [0.5, 0.6) is 0 Å². The lowest BCUT2D eigenvalue weighted by Gasteiger charge is -2.04. The third kappa shape index (κ3) is 3.68. The molecule has 2 aromatic heterocycles. The molecule has 0 aliphatic carbocycles. The summed E-state index contributed by atoms with van der Waals surface area (Å²) >= 11 is 7.29. The third-order valence-electron chi connectivity index (χ3n) is 3.62. The molecule has 25 heavy (non-hydrogen) atoms. The summed E-state index contributed by atoms with van der Waals surface area (Å²) in [5.74, 6) is -0.287. The van der Waals surface area contributed by atoms with Crippen LogP contribution < -0.4 is 5.32 Å². The Labute approximate surface area is 153 Å². The van der Waals surface area contributed by atoms with Crippen LogP contribution in [0.3, 0.4) is 0 Å². The highest BCUT2D eigenvalue weighted by molar-refractivity contribution is 7.90. The molecule has 0 bridgehead atoms.